The van der Waals surface area contributed by atoms with Crippen LogP contribution >= 0.6 is 0 Å². The third-order valence-electron chi connectivity index (χ3n) is 4.57. The fourth-order valence-electron chi connectivity index (χ4n) is 3.41. The molecule has 21 heavy (non-hydrogen) atoms. The van der Waals surface area contributed by atoms with E-state index >= 15 is 0 Å². The fraction of sp³-hybridized carbons (Fsp3) is 0.529. The highest BCUT2D eigenvalue weighted by atomic mass is 16.4. The molecule has 4 nitrogen and oxygen atoms in total. The number of imidazole rings is 1. The summed E-state index contributed by atoms with van der Waals surface area (Å²) in [5, 5.41) is 9.50. The topological polar surface area (TPSA) is 54.6 Å². The lowest BCUT2D eigenvalue weighted by Crippen LogP contribution is -2.10. The lowest BCUT2D eigenvalue weighted by molar-refractivity contribution is 0.0688. The van der Waals surface area contributed by atoms with Gasteiger partial charge in [0, 0.05) is 6.20 Å². The van der Waals surface area contributed by atoms with Gasteiger partial charge in [-0.3, -0.25) is 4.40 Å². The largest absolute Gasteiger partial charge is 0.477 e. The summed E-state index contributed by atoms with van der Waals surface area (Å²) in [6.45, 7) is 2.00. The quantitative estimate of drug-likeness (QED) is 0.928. The normalized spacial score (nSPS) is 16.4. The molecule has 0 aliphatic heterocycles. The van der Waals surface area contributed by atoms with Crippen LogP contribution in [0.15, 0.2) is 18.3 Å². The van der Waals surface area contributed by atoms with Gasteiger partial charge in [0.2, 0.25) is 0 Å². The number of carbonyl (C=O) groups is 1. The number of carboxylic acids is 1. The van der Waals surface area contributed by atoms with Crippen LogP contribution in [0.3, 0.4) is 0 Å². The molecule has 1 aliphatic carbocycles. The Morgan fingerprint density at radius 3 is 2.86 bits per heavy atom. The van der Waals surface area contributed by atoms with Crippen LogP contribution in [0.1, 0.15) is 60.3 Å². The number of pyridine rings is 1. The average molecular weight is 286 g/mol. The summed E-state index contributed by atoms with van der Waals surface area (Å²) in [6, 6.07) is 3.86. The summed E-state index contributed by atoms with van der Waals surface area (Å²) in [5.41, 5.74) is 2.91. The van der Waals surface area contributed by atoms with E-state index in [1.807, 2.05) is 25.3 Å². The van der Waals surface area contributed by atoms with Gasteiger partial charge in [-0.2, -0.15) is 0 Å². The maximum atomic E-state index is 11.6. The minimum Gasteiger partial charge on any atom is -0.477 e. The van der Waals surface area contributed by atoms with Gasteiger partial charge >= 0.3 is 5.97 Å². The number of hydrogen-bond acceptors (Lipinski definition) is 2. The van der Waals surface area contributed by atoms with E-state index in [-0.39, 0.29) is 0 Å². The number of nitrogens with zero attached hydrogens (tertiary/aromatic N) is 2. The van der Waals surface area contributed by atoms with E-state index < -0.39 is 5.97 Å². The van der Waals surface area contributed by atoms with Crippen molar-refractivity contribution in [1.82, 2.24) is 9.38 Å². The van der Waals surface area contributed by atoms with Gasteiger partial charge in [-0.1, -0.05) is 32.1 Å². The molecule has 0 radical (unpaired) electrons. The number of rotatable bonds is 4. The van der Waals surface area contributed by atoms with Gasteiger partial charge in [0.25, 0.3) is 0 Å². The second-order valence-corrected chi connectivity index (χ2v) is 6.19. The molecule has 112 valence electrons. The maximum absolute atomic E-state index is 11.6. The maximum Gasteiger partial charge on any atom is 0.354 e. The predicted octanol–water partition coefficient (Wildman–Crippen LogP) is 3.85. The number of hydrogen-bond donors (Lipinski definition) is 1. The fourth-order valence-corrected chi connectivity index (χ4v) is 3.41. The van der Waals surface area contributed by atoms with Crippen molar-refractivity contribution in [2.24, 2.45) is 5.92 Å². The zero-order valence-corrected chi connectivity index (χ0v) is 12.5. The Morgan fingerprint density at radius 1 is 1.38 bits per heavy atom. The molecule has 1 saturated carbocycles. The van der Waals surface area contributed by atoms with E-state index in [0.29, 0.717) is 5.69 Å². The average Bonchev–Trinajstić information content (AvgIpc) is 2.83. The Labute approximate surface area is 124 Å². The molecule has 3 rings (SSSR count). The summed E-state index contributed by atoms with van der Waals surface area (Å²) in [7, 11) is 0. The first-order valence-electron chi connectivity index (χ1n) is 7.86. The molecular formula is C17H22N2O2. The molecule has 1 aliphatic rings. The molecule has 2 aromatic rings. The van der Waals surface area contributed by atoms with Crippen LogP contribution < -0.4 is 0 Å². The molecule has 0 amide bonds. The molecule has 0 spiro atoms. The number of aromatic carboxylic acids is 1. The molecule has 1 fully saturated rings. The van der Waals surface area contributed by atoms with Gasteiger partial charge in [-0.15, -0.1) is 0 Å². The number of carboxylic acid groups (broad SMARTS) is 1. The van der Waals surface area contributed by atoms with Crippen molar-refractivity contribution in [3.8, 4) is 0 Å². The number of aryl methyl sites for hydroxylation is 2. The van der Waals surface area contributed by atoms with Crippen molar-refractivity contribution in [3.05, 3.63) is 35.3 Å². The first-order valence-corrected chi connectivity index (χ1v) is 7.86. The van der Waals surface area contributed by atoms with Crippen molar-refractivity contribution in [2.75, 3.05) is 0 Å². The van der Waals surface area contributed by atoms with Gasteiger partial charge in [-0.05, 0) is 43.4 Å². The van der Waals surface area contributed by atoms with E-state index in [0.717, 1.165) is 35.7 Å². The standard InChI is InChI=1S/C17H22N2O2/c1-12-9-10-19-15(11-12)18-14(16(19)17(20)21)8-7-13-5-3-2-4-6-13/h9-11,13H,2-8H2,1H3,(H,20,21). The molecule has 2 heterocycles. The first kappa shape index (κ1) is 14.1. The minimum absolute atomic E-state index is 0.334. The van der Waals surface area contributed by atoms with Crippen molar-refractivity contribution in [1.29, 1.82) is 0 Å². The first-order chi connectivity index (χ1) is 10.1. The molecule has 0 aromatic carbocycles. The van der Waals surface area contributed by atoms with Crippen LogP contribution in [0, 0.1) is 12.8 Å². The SMILES string of the molecule is Cc1ccn2c(C(=O)O)c(CCC3CCCCC3)nc2c1. The van der Waals surface area contributed by atoms with Crippen LogP contribution in [0.2, 0.25) is 0 Å². The Bertz CT molecular complexity index is 654. The third-order valence-corrected chi connectivity index (χ3v) is 4.57. The lowest BCUT2D eigenvalue weighted by Gasteiger charge is -2.20. The van der Waals surface area contributed by atoms with Crippen LogP contribution in [0.25, 0.3) is 5.65 Å². The van der Waals surface area contributed by atoms with Crippen molar-refractivity contribution >= 4 is 11.6 Å². The van der Waals surface area contributed by atoms with E-state index in [4.69, 9.17) is 0 Å². The summed E-state index contributed by atoms with van der Waals surface area (Å²) in [6.07, 6.45) is 10.2. The predicted molar refractivity (Wildman–Crippen MR) is 81.8 cm³/mol. The highest BCUT2D eigenvalue weighted by molar-refractivity contribution is 5.88. The number of aromatic nitrogens is 2. The second-order valence-electron chi connectivity index (χ2n) is 6.19. The monoisotopic (exact) mass is 286 g/mol. The third kappa shape index (κ3) is 2.94. The van der Waals surface area contributed by atoms with Gasteiger partial charge < -0.3 is 5.11 Å². The molecule has 1 N–H and O–H groups in total. The highest BCUT2D eigenvalue weighted by Crippen LogP contribution is 2.28. The Hall–Kier alpha value is -1.84. The summed E-state index contributed by atoms with van der Waals surface area (Å²) in [5.74, 6) is -0.142. The molecule has 0 saturated heterocycles. The summed E-state index contributed by atoms with van der Waals surface area (Å²) < 4.78 is 1.70. The summed E-state index contributed by atoms with van der Waals surface area (Å²) >= 11 is 0. The molecule has 4 heteroatoms. The van der Waals surface area contributed by atoms with Gasteiger partial charge in [0.05, 0.1) is 5.69 Å². The highest BCUT2D eigenvalue weighted by Gasteiger charge is 2.20. The molecule has 0 atom stereocenters. The lowest BCUT2D eigenvalue weighted by atomic mass is 9.85. The van der Waals surface area contributed by atoms with Crippen molar-refractivity contribution < 1.29 is 9.90 Å². The van der Waals surface area contributed by atoms with E-state index in [9.17, 15) is 9.90 Å². The smallest absolute Gasteiger partial charge is 0.354 e. The second kappa shape index (κ2) is 5.88. The summed E-state index contributed by atoms with van der Waals surface area (Å²) in [4.78, 5) is 16.1. The van der Waals surface area contributed by atoms with E-state index in [1.165, 1.54) is 32.1 Å². The van der Waals surface area contributed by atoms with Gasteiger partial charge in [0.15, 0.2) is 5.69 Å². The Balaban J connectivity index is 1.86. The van der Waals surface area contributed by atoms with E-state index in [1.54, 1.807) is 4.40 Å². The van der Waals surface area contributed by atoms with Crippen molar-refractivity contribution in [3.63, 3.8) is 0 Å². The molecule has 0 unspecified atom stereocenters. The van der Waals surface area contributed by atoms with Crippen LogP contribution in [-0.4, -0.2) is 20.5 Å². The van der Waals surface area contributed by atoms with E-state index in [2.05, 4.69) is 4.98 Å². The zero-order valence-electron chi connectivity index (χ0n) is 12.5. The molecule has 0 bridgehead atoms. The van der Waals surface area contributed by atoms with Crippen molar-refractivity contribution in [2.45, 2.75) is 51.9 Å². The minimum atomic E-state index is -0.884. The van der Waals surface area contributed by atoms with Crippen LogP contribution in [0.5, 0.6) is 0 Å². The Kier molecular flexibility index (Phi) is 3.95. The zero-order chi connectivity index (χ0) is 14.8. The van der Waals surface area contributed by atoms with Crippen LogP contribution in [-0.2, 0) is 6.42 Å². The van der Waals surface area contributed by atoms with Crippen LogP contribution in [0.4, 0.5) is 0 Å². The molecular weight excluding hydrogens is 264 g/mol. The number of fused-ring (bicyclic) bond motifs is 1. The van der Waals surface area contributed by atoms with Gasteiger partial charge in [-0.25, -0.2) is 9.78 Å². The van der Waals surface area contributed by atoms with Gasteiger partial charge in [0.1, 0.15) is 5.65 Å². The Morgan fingerprint density at radius 2 is 2.14 bits per heavy atom. The molecule has 2 aromatic heterocycles.